The van der Waals surface area contributed by atoms with E-state index >= 15 is 0 Å². The standard InChI is InChI=1S/C19H25N3O3/c23-12-13-6-2-1-3-8-16(13)22-19(25)20-11-14-10-18(24)21-17-9-5-4-7-15(14)17/h4-5,7,9-10,13,16,23H,1-3,6,8,11-12H2,(H,21,24)(H2,20,22,25). The topological polar surface area (TPSA) is 94.2 Å². The third-order valence-electron chi connectivity index (χ3n) is 4.99. The number of amides is 2. The molecule has 1 aliphatic rings. The predicted octanol–water partition coefficient (Wildman–Crippen LogP) is 2.27. The highest BCUT2D eigenvalue weighted by Crippen LogP contribution is 2.23. The summed E-state index contributed by atoms with van der Waals surface area (Å²) in [5, 5.41) is 16.3. The number of rotatable bonds is 4. The van der Waals surface area contributed by atoms with E-state index in [-0.39, 0.29) is 36.7 Å². The van der Waals surface area contributed by atoms with Crippen molar-refractivity contribution in [2.45, 2.75) is 44.7 Å². The zero-order valence-electron chi connectivity index (χ0n) is 14.3. The number of nitrogens with one attached hydrogen (secondary N) is 3. The van der Waals surface area contributed by atoms with Crippen LogP contribution in [0.25, 0.3) is 10.9 Å². The van der Waals surface area contributed by atoms with E-state index in [9.17, 15) is 14.7 Å². The van der Waals surface area contributed by atoms with Crippen LogP contribution in [0.5, 0.6) is 0 Å². The number of fused-ring (bicyclic) bond motifs is 1. The molecule has 3 rings (SSSR count). The number of carbonyl (C=O) groups is 1. The molecule has 6 heteroatoms. The number of H-pyrrole nitrogens is 1. The molecule has 25 heavy (non-hydrogen) atoms. The summed E-state index contributed by atoms with van der Waals surface area (Å²) in [5.41, 5.74) is 1.37. The molecular formula is C19H25N3O3. The van der Waals surface area contributed by atoms with E-state index in [1.807, 2.05) is 24.3 Å². The smallest absolute Gasteiger partial charge is 0.315 e. The van der Waals surface area contributed by atoms with Crippen molar-refractivity contribution in [3.8, 4) is 0 Å². The molecule has 2 atom stereocenters. The molecule has 2 aromatic rings. The number of aromatic amines is 1. The first kappa shape index (κ1) is 17.5. The van der Waals surface area contributed by atoms with Gasteiger partial charge in [0, 0.05) is 42.1 Å². The first-order valence-corrected chi connectivity index (χ1v) is 8.93. The molecule has 0 aliphatic heterocycles. The van der Waals surface area contributed by atoms with Crippen molar-refractivity contribution in [3.05, 3.63) is 46.2 Å². The van der Waals surface area contributed by atoms with Gasteiger partial charge in [-0.25, -0.2) is 4.79 Å². The van der Waals surface area contributed by atoms with Crippen molar-refractivity contribution in [2.24, 2.45) is 5.92 Å². The maximum absolute atomic E-state index is 12.3. The summed E-state index contributed by atoms with van der Waals surface area (Å²) in [5.74, 6) is 0.119. The maximum Gasteiger partial charge on any atom is 0.315 e. The predicted molar refractivity (Wildman–Crippen MR) is 97.4 cm³/mol. The number of aliphatic hydroxyl groups is 1. The monoisotopic (exact) mass is 343 g/mol. The molecule has 2 unspecified atom stereocenters. The van der Waals surface area contributed by atoms with E-state index < -0.39 is 0 Å². The zero-order chi connectivity index (χ0) is 17.6. The van der Waals surface area contributed by atoms with E-state index in [4.69, 9.17) is 0 Å². The number of benzene rings is 1. The van der Waals surface area contributed by atoms with Crippen LogP contribution in [0.4, 0.5) is 4.79 Å². The van der Waals surface area contributed by atoms with Crippen LogP contribution in [0.1, 0.15) is 37.7 Å². The third kappa shape index (κ3) is 4.39. The Morgan fingerprint density at radius 3 is 2.84 bits per heavy atom. The number of hydrogen-bond acceptors (Lipinski definition) is 3. The number of urea groups is 1. The lowest BCUT2D eigenvalue weighted by Crippen LogP contribution is -2.46. The summed E-state index contributed by atoms with van der Waals surface area (Å²) >= 11 is 0. The second-order valence-electron chi connectivity index (χ2n) is 6.72. The molecule has 2 amide bonds. The molecule has 6 nitrogen and oxygen atoms in total. The highest BCUT2D eigenvalue weighted by atomic mass is 16.3. The van der Waals surface area contributed by atoms with Gasteiger partial charge in [-0.3, -0.25) is 4.79 Å². The number of aromatic nitrogens is 1. The summed E-state index contributed by atoms with van der Waals surface area (Å²) < 4.78 is 0. The van der Waals surface area contributed by atoms with Gasteiger partial charge in [0.2, 0.25) is 5.56 Å². The zero-order valence-corrected chi connectivity index (χ0v) is 14.3. The quantitative estimate of drug-likeness (QED) is 0.642. The highest BCUT2D eigenvalue weighted by molar-refractivity contribution is 5.82. The van der Waals surface area contributed by atoms with Gasteiger partial charge in [0.25, 0.3) is 0 Å². The molecule has 1 aliphatic carbocycles. The summed E-state index contributed by atoms with van der Waals surface area (Å²) in [6.07, 6.45) is 5.16. The van der Waals surface area contributed by atoms with E-state index in [2.05, 4.69) is 15.6 Å². The Labute approximate surface area is 146 Å². The molecule has 1 fully saturated rings. The van der Waals surface area contributed by atoms with E-state index in [1.54, 1.807) is 0 Å². The molecule has 4 N–H and O–H groups in total. The number of aliphatic hydroxyl groups excluding tert-OH is 1. The van der Waals surface area contributed by atoms with Gasteiger partial charge in [0.1, 0.15) is 0 Å². The van der Waals surface area contributed by atoms with Crippen LogP contribution < -0.4 is 16.2 Å². The normalized spacial score (nSPS) is 20.8. The lowest BCUT2D eigenvalue weighted by Gasteiger charge is -2.24. The molecular weight excluding hydrogens is 318 g/mol. The van der Waals surface area contributed by atoms with Gasteiger partial charge >= 0.3 is 6.03 Å². The SMILES string of the molecule is O=C(NCc1cc(=O)[nH]c2ccccc12)NC1CCCCCC1CO. The summed E-state index contributed by atoms with van der Waals surface area (Å²) in [7, 11) is 0. The molecule has 0 saturated heterocycles. The number of carbonyl (C=O) groups excluding carboxylic acids is 1. The van der Waals surface area contributed by atoms with Crippen LogP contribution in [0.15, 0.2) is 35.1 Å². The van der Waals surface area contributed by atoms with E-state index in [0.29, 0.717) is 0 Å². The van der Waals surface area contributed by atoms with Crippen LogP contribution in [-0.2, 0) is 6.54 Å². The lowest BCUT2D eigenvalue weighted by molar-refractivity contribution is 0.179. The van der Waals surface area contributed by atoms with Crippen LogP contribution in [0.2, 0.25) is 0 Å². The Balaban J connectivity index is 1.65. The molecule has 1 saturated carbocycles. The average molecular weight is 343 g/mol. The fraction of sp³-hybridized carbons (Fsp3) is 0.474. The van der Waals surface area contributed by atoms with Gasteiger partial charge in [-0.15, -0.1) is 0 Å². The minimum absolute atomic E-state index is 0.00317. The second kappa shape index (κ2) is 8.16. The Morgan fingerprint density at radius 2 is 2.00 bits per heavy atom. The first-order valence-electron chi connectivity index (χ1n) is 8.93. The van der Waals surface area contributed by atoms with Crippen molar-refractivity contribution in [1.82, 2.24) is 15.6 Å². The fourth-order valence-corrected chi connectivity index (χ4v) is 3.61. The number of pyridine rings is 1. The Kier molecular flexibility index (Phi) is 5.71. The van der Waals surface area contributed by atoms with Crippen molar-refractivity contribution < 1.29 is 9.90 Å². The molecule has 0 radical (unpaired) electrons. The van der Waals surface area contributed by atoms with Crippen molar-refractivity contribution in [1.29, 1.82) is 0 Å². The Morgan fingerprint density at radius 1 is 1.20 bits per heavy atom. The summed E-state index contributed by atoms with van der Waals surface area (Å²) in [6.45, 7) is 0.385. The lowest BCUT2D eigenvalue weighted by atomic mass is 9.96. The van der Waals surface area contributed by atoms with Gasteiger partial charge in [0.15, 0.2) is 0 Å². The van der Waals surface area contributed by atoms with Crippen LogP contribution >= 0.6 is 0 Å². The molecule has 1 aromatic carbocycles. The molecule has 1 heterocycles. The fourth-order valence-electron chi connectivity index (χ4n) is 3.61. The molecule has 0 spiro atoms. The van der Waals surface area contributed by atoms with Crippen LogP contribution in [0.3, 0.4) is 0 Å². The van der Waals surface area contributed by atoms with Gasteiger partial charge in [0.05, 0.1) is 0 Å². The minimum Gasteiger partial charge on any atom is -0.396 e. The Bertz CT molecular complexity index is 787. The van der Waals surface area contributed by atoms with Crippen molar-refractivity contribution >= 4 is 16.9 Å². The summed E-state index contributed by atoms with van der Waals surface area (Å²) in [6, 6.07) is 8.80. The molecule has 1 aromatic heterocycles. The van der Waals surface area contributed by atoms with Gasteiger partial charge < -0.3 is 20.7 Å². The molecule has 0 bridgehead atoms. The van der Waals surface area contributed by atoms with Crippen LogP contribution in [0, 0.1) is 5.92 Å². The molecule has 134 valence electrons. The third-order valence-corrected chi connectivity index (χ3v) is 4.99. The van der Waals surface area contributed by atoms with Gasteiger partial charge in [-0.1, -0.05) is 37.5 Å². The van der Waals surface area contributed by atoms with Crippen molar-refractivity contribution in [3.63, 3.8) is 0 Å². The highest BCUT2D eigenvalue weighted by Gasteiger charge is 2.24. The largest absolute Gasteiger partial charge is 0.396 e. The van der Waals surface area contributed by atoms with Crippen molar-refractivity contribution in [2.75, 3.05) is 6.61 Å². The number of hydrogen-bond donors (Lipinski definition) is 4. The Hall–Kier alpha value is -2.34. The van der Waals surface area contributed by atoms with Gasteiger partial charge in [-0.05, 0) is 24.5 Å². The van der Waals surface area contributed by atoms with Crippen LogP contribution in [-0.4, -0.2) is 28.8 Å². The van der Waals surface area contributed by atoms with Gasteiger partial charge in [-0.2, -0.15) is 0 Å². The maximum atomic E-state index is 12.3. The van der Waals surface area contributed by atoms with E-state index in [0.717, 1.165) is 48.6 Å². The minimum atomic E-state index is -0.255. The average Bonchev–Trinajstić information content (AvgIpc) is 2.84. The number of para-hydroxylation sites is 1. The second-order valence-corrected chi connectivity index (χ2v) is 6.72. The van der Waals surface area contributed by atoms with E-state index in [1.165, 1.54) is 6.07 Å². The first-order chi connectivity index (χ1) is 12.2. The summed E-state index contributed by atoms with van der Waals surface area (Å²) in [4.78, 5) is 26.9.